The lowest BCUT2D eigenvalue weighted by Crippen LogP contribution is -2.36. The summed E-state index contributed by atoms with van der Waals surface area (Å²) >= 11 is 2.79. The Morgan fingerprint density at radius 3 is 1.68 bits per heavy atom. The largest absolute Gasteiger partial charge is 0.354 e. The summed E-state index contributed by atoms with van der Waals surface area (Å²) < 4.78 is 9.68. The van der Waals surface area contributed by atoms with E-state index in [1.165, 1.54) is 23.5 Å². The van der Waals surface area contributed by atoms with Crippen LogP contribution in [-0.4, -0.2) is 57.6 Å². The quantitative estimate of drug-likeness (QED) is 0.117. The summed E-state index contributed by atoms with van der Waals surface area (Å²) in [6, 6.07) is 27.2. The van der Waals surface area contributed by atoms with Crippen LogP contribution in [0, 0.1) is 59.2 Å². The number of fused-ring (bicyclic) bond motifs is 2. The van der Waals surface area contributed by atoms with Gasteiger partial charge in [0.1, 0.15) is 35.4 Å². The molecular formula is C54H49N14O2S2+. The molecule has 0 spiro atoms. The van der Waals surface area contributed by atoms with Gasteiger partial charge in [0.15, 0.2) is 0 Å². The van der Waals surface area contributed by atoms with Crippen molar-refractivity contribution in [2.24, 2.45) is 0 Å². The molecule has 6 aromatic heterocycles. The van der Waals surface area contributed by atoms with Gasteiger partial charge in [0.2, 0.25) is 23.7 Å². The Labute approximate surface area is 424 Å². The van der Waals surface area contributed by atoms with Gasteiger partial charge in [-0.3, -0.25) is 19.0 Å². The first-order chi connectivity index (χ1) is 34.9. The van der Waals surface area contributed by atoms with E-state index < -0.39 is 0 Å². The number of hydrogen-bond acceptors (Lipinski definition) is 11. The van der Waals surface area contributed by atoms with Gasteiger partial charge in [-0.1, -0.05) is 40.3 Å². The number of carbonyl (C=O) groups excluding carboxylic acids is 2. The minimum Gasteiger partial charge on any atom is -0.354 e. The first kappa shape index (κ1) is 47.5. The number of nitriles is 4. The Kier molecular flexibility index (Phi) is 13.1. The summed E-state index contributed by atoms with van der Waals surface area (Å²) in [7, 11) is 0. The van der Waals surface area contributed by atoms with Crippen molar-refractivity contribution in [3.05, 3.63) is 125 Å². The molecule has 0 radical (unpaired) electrons. The van der Waals surface area contributed by atoms with Crippen LogP contribution in [0.3, 0.4) is 0 Å². The van der Waals surface area contributed by atoms with Crippen molar-refractivity contribution in [2.45, 2.75) is 123 Å². The van der Waals surface area contributed by atoms with E-state index >= 15 is 0 Å². The third-order valence-corrected chi connectivity index (χ3v) is 16.2. The Balaban J connectivity index is 1.02. The molecule has 0 unspecified atom stereocenters. The molecule has 2 fully saturated rings. The summed E-state index contributed by atoms with van der Waals surface area (Å²) in [5.41, 5.74) is 9.14. The number of rotatable bonds is 11. The Morgan fingerprint density at radius 1 is 0.597 bits per heavy atom. The van der Waals surface area contributed by atoms with Crippen LogP contribution >= 0.6 is 23.5 Å². The summed E-state index contributed by atoms with van der Waals surface area (Å²) in [5, 5.41) is 62.2. The Bertz CT molecular complexity index is 3630. The third kappa shape index (κ3) is 9.07. The summed E-state index contributed by atoms with van der Waals surface area (Å²) in [4.78, 5) is 26.4. The molecule has 10 rings (SSSR count). The number of aromatic nitrogens is 8. The smallest absolute Gasteiger partial charge is 0.237 e. The van der Waals surface area contributed by atoms with Gasteiger partial charge >= 0.3 is 0 Å². The standard InChI is InChI=1S/C54H48N14O2S2/c1-32-47(27-60-67(32)44-13-9-42(10-14-44)62-34(3)69)38-20-51(53-40(24-57)26-59-64(53)29-38)72-50-18-17-46(19-37(50)23-56)65-31-41(25-58)54-52(71-49-8-6-5-7-36(49)22-55)21-39(30-66(54)65)48-28-61-68(33(48)2)45-15-11-43(12-16-45)63-35(4)70/h5-8,17-21,26-31,42-45H,9-16H2,1-4H3,(H-,62,63,69,70)/p+1. The van der Waals surface area contributed by atoms with Crippen LogP contribution in [0.25, 0.3) is 39.0 Å². The zero-order chi connectivity index (χ0) is 50.2. The number of amides is 2. The lowest BCUT2D eigenvalue weighted by atomic mass is 9.91. The summed E-state index contributed by atoms with van der Waals surface area (Å²) in [6.07, 6.45) is 18.0. The average molecular weight is 990 g/mol. The maximum absolute atomic E-state index is 11.8. The summed E-state index contributed by atoms with van der Waals surface area (Å²) in [5.74, 6) is -0.0257. The van der Waals surface area contributed by atoms with Crippen molar-refractivity contribution in [3.63, 3.8) is 0 Å². The van der Waals surface area contributed by atoms with Gasteiger partial charge in [-0.2, -0.15) is 36.3 Å². The average Bonchev–Trinajstić information content (AvgIpc) is 4.18. The highest BCUT2D eigenvalue weighted by Gasteiger charge is 2.30. The number of pyridine rings is 2. The second-order valence-electron chi connectivity index (χ2n) is 18.5. The van der Waals surface area contributed by atoms with Gasteiger partial charge in [0.25, 0.3) is 0 Å². The fourth-order valence-corrected chi connectivity index (χ4v) is 12.7. The van der Waals surface area contributed by atoms with Gasteiger partial charge in [0, 0.05) is 97.5 Å². The Morgan fingerprint density at radius 2 is 1.12 bits per heavy atom. The lowest BCUT2D eigenvalue weighted by Gasteiger charge is -2.29. The first-order valence-corrected chi connectivity index (χ1v) is 25.5. The van der Waals surface area contributed by atoms with E-state index in [-0.39, 0.29) is 36.0 Å². The van der Waals surface area contributed by atoms with Gasteiger partial charge in [-0.25, -0.2) is 4.52 Å². The van der Waals surface area contributed by atoms with Gasteiger partial charge in [-0.15, -0.1) is 4.52 Å². The molecule has 6 heterocycles. The highest BCUT2D eigenvalue weighted by molar-refractivity contribution is 8.00. The first-order valence-electron chi connectivity index (χ1n) is 23.9. The fourth-order valence-electron chi connectivity index (χ4n) is 10.5. The van der Waals surface area contributed by atoms with Crippen LogP contribution in [-0.2, 0) is 9.59 Å². The molecule has 358 valence electrons. The molecule has 18 heteroatoms. The van der Waals surface area contributed by atoms with Crippen molar-refractivity contribution in [3.8, 4) is 52.2 Å². The topological polar surface area (TPSA) is 215 Å². The molecule has 72 heavy (non-hydrogen) atoms. The fraction of sp³-hybridized carbons (Fsp3) is 0.296. The van der Waals surface area contributed by atoms with Crippen molar-refractivity contribution < 1.29 is 14.3 Å². The SMILES string of the molecule is CC(=O)NC1CCC(n2ncc(-c3cc(Sc4ccc(-[n+]5cc(C#N)c6c(Sc7ccccc7C#N)cc(-c7cnn(C8CCC(NC(C)=O)CC8)c7C)cn65)cc4C#N)c4c(C#N)cnn4c3)c2C)CC1. The van der Waals surface area contributed by atoms with Gasteiger partial charge < -0.3 is 10.6 Å². The number of hydrogen-bond donors (Lipinski definition) is 2. The second-order valence-corrected chi connectivity index (χ2v) is 20.7. The monoisotopic (exact) mass is 989 g/mol. The van der Waals surface area contributed by atoms with Crippen molar-refractivity contribution in [1.82, 2.24) is 44.3 Å². The zero-order valence-electron chi connectivity index (χ0n) is 40.1. The van der Waals surface area contributed by atoms with Crippen molar-refractivity contribution >= 4 is 46.4 Å². The highest BCUT2D eigenvalue weighted by atomic mass is 32.2. The predicted molar refractivity (Wildman–Crippen MR) is 270 cm³/mol. The van der Waals surface area contributed by atoms with E-state index in [0.29, 0.717) is 43.9 Å². The molecule has 0 aliphatic heterocycles. The van der Waals surface area contributed by atoms with Crippen LogP contribution in [0.5, 0.6) is 0 Å². The third-order valence-electron chi connectivity index (χ3n) is 14.0. The minimum atomic E-state index is -0.0161. The molecule has 2 N–H and O–H groups in total. The van der Waals surface area contributed by atoms with Crippen LogP contribution in [0.2, 0.25) is 0 Å². The number of nitrogens with zero attached hydrogens (tertiary/aromatic N) is 12. The van der Waals surface area contributed by atoms with Crippen LogP contribution < -0.4 is 15.3 Å². The van der Waals surface area contributed by atoms with Gasteiger partial charge in [-0.05, 0) is 95.5 Å². The van der Waals surface area contributed by atoms with E-state index in [0.717, 1.165) is 99.7 Å². The Hall–Kier alpha value is -8.16. The van der Waals surface area contributed by atoms with E-state index in [2.05, 4.69) is 69.3 Å². The predicted octanol–water partition coefficient (Wildman–Crippen LogP) is 9.24. The normalized spacial score (nSPS) is 17.7. The maximum atomic E-state index is 11.8. The molecule has 8 aromatic rings. The van der Waals surface area contributed by atoms with E-state index in [1.807, 2.05) is 70.4 Å². The number of nitrogens with one attached hydrogen (secondary N) is 2. The minimum absolute atomic E-state index is 0.00965. The van der Waals surface area contributed by atoms with Crippen molar-refractivity contribution in [2.75, 3.05) is 0 Å². The van der Waals surface area contributed by atoms with Crippen LogP contribution in [0.1, 0.15) is 111 Å². The molecular weight excluding hydrogens is 941 g/mol. The van der Waals surface area contributed by atoms with Crippen LogP contribution in [0.4, 0.5) is 0 Å². The highest BCUT2D eigenvalue weighted by Crippen LogP contribution is 2.41. The van der Waals surface area contributed by atoms with Crippen molar-refractivity contribution in [1.29, 1.82) is 21.0 Å². The number of benzene rings is 2. The van der Waals surface area contributed by atoms with E-state index in [4.69, 9.17) is 10.2 Å². The molecule has 2 aliphatic carbocycles. The molecule has 2 aliphatic rings. The molecule has 0 saturated heterocycles. The molecule has 16 nitrogen and oxygen atoms in total. The molecule has 2 aromatic carbocycles. The zero-order valence-corrected chi connectivity index (χ0v) is 41.8. The lowest BCUT2D eigenvalue weighted by molar-refractivity contribution is -0.667. The molecule has 2 saturated carbocycles. The summed E-state index contributed by atoms with van der Waals surface area (Å²) in [6.45, 7) is 7.24. The van der Waals surface area contributed by atoms with Gasteiger partial charge in [0.05, 0.1) is 59.1 Å². The molecule has 2 amide bonds. The van der Waals surface area contributed by atoms with E-state index in [9.17, 15) is 30.6 Å². The van der Waals surface area contributed by atoms with E-state index in [1.54, 1.807) is 42.9 Å². The molecule has 0 bridgehead atoms. The second kappa shape index (κ2) is 19.9. The molecule has 0 atom stereocenters. The maximum Gasteiger partial charge on any atom is 0.237 e. The number of carbonyl (C=O) groups is 2. The van der Waals surface area contributed by atoms with Crippen LogP contribution in [0.15, 0.2) is 111 Å².